The van der Waals surface area contributed by atoms with Crippen LogP contribution in [0, 0.1) is 13.8 Å². The zero-order valence-electron chi connectivity index (χ0n) is 7.61. The SMILES string of the molecule is Bc1cc(C)c(C)c(Br)c1CO. The Morgan fingerprint density at radius 3 is 2.58 bits per heavy atom. The molecule has 0 unspecified atom stereocenters. The number of aliphatic hydroxyl groups is 1. The van der Waals surface area contributed by atoms with Gasteiger partial charge in [-0.3, -0.25) is 0 Å². The molecule has 0 amide bonds. The van der Waals surface area contributed by atoms with E-state index < -0.39 is 0 Å². The molecule has 1 nitrogen and oxygen atoms in total. The average Bonchev–Trinajstić information content (AvgIpc) is 2.01. The van der Waals surface area contributed by atoms with E-state index in [9.17, 15) is 0 Å². The molecule has 64 valence electrons. The van der Waals surface area contributed by atoms with Gasteiger partial charge in [0.2, 0.25) is 0 Å². The fourth-order valence-electron chi connectivity index (χ4n) is 1.29. The first-order chi connectivity index (χ1) is 5.57. The van der Waals surface area contributed by atoms with Crippen LogP contribution in [0.3, 0.4) is 0 Å². The molecule has 0 heterocycles. The van der Waals surface area contributed by atoms with Crippen molar-refractivity contribution in [1.82, 2.24) is 0 Å². The predicted octanol–water partition coefficient (Wildman–Crippen LogP) is 0.817. The fourth-order valence-corrected chi connectivity index (χ4v) is 2.04. The number of aryl methyl sites for hydroxylation is 1. The van der Waals surface area contributed by atoms with Crippen molar-refractivity contribution in [2.45, 2.75) is 20.5 Å². The number of rotatable bonds is 1. The molecular formula is C9H12BBrO. The van der Waals surface area contributed by atoms with Crippen LogP contribution in [0.15, 0.2) is 10.5 Å². The Balaban J connectivity index is 3.40. The molecule has 0 aliphatic carbocycles. The van der Waals surface area contributed by atoms with E-state index in [-0.39, 0.29) is 6.61 Å². The second-order valence-electron chi connectivity index (χ2n) is 3.09. The Morgan fingerprint density at radius 1 is 1.50 bits per heavy atom. The van der Waals surface area contributed by atoms with Gasteiger partial charge in [-0.05, 0) is 30.5 Å². The van der Waals surface area contributed by atoms with Crippen molar-refractivity contribution in [2.75, 3.05) is 0 Å². The number of benzene rings is 1. The number of halogens is 1. The number of hydrogen-bond acceptors (Lipinski definition) is 1. The maximum Gasteiger partial charge on any atom is 0.139 e. The minimum atomic E-state index is 0.105. The maximum atomic E-state index is 9.08. The number of aliphatic hydroxyl groups excluding tert-OH is 1. The molecule has 0 saturated carbocycles. The third kappa shape index (κ3) is 1.57. The topological polar surface area (TPSA) is 20.2 Å². The van der Waals surface area contributed by atoms with Gasteiger partial charge in [-0.1, -0.05) is 27.5 Å². The summed E-state index contributed by atoms with van der Waals surface area (Å²) in [6, 6.07) is 2.10. The first kappa shape index (κ1) is 9.81. The van der Waals surface area contributed by atoms with Crippen LogP contribution in [-0.2, 0) is 6.61 Å². The van der Waals surface area contributed by atoms with Crippen LogP contribution in [0.25, 0.3) is 0 Å². The Hall–Kier alpha value is -0.275. The lowest BCUT2D eigenvalue weighted by atomic mass is 9.87. The van der Waals surface area contributed by atoms with Crippen LogP contribution >= 0.6 is 15.9 Å². The van der Waals surface area contributed by atoms with Gasteiger partial charge in [-0.15, -0.1) is 0 Å². The van der Waals surface area contributed by atoms with E-state index in [1.807, 2.05) is 7.85 Å². The molecule has 1 N–H and O–H groups in total. The Labute approximate surface area is 82.3 Å². The number of hydrogen-bond donors (Lipinski definition) is 1. The molecule has 1 aromatic carbocycles. The van der Waals surface area contributed by atoms with Gasteiger partial charge >= 0.3 is 0 Å². The normalized spacial score (nSPS) is 10.3. The summed E-state index contributed by atoms with van der Waals surface area (Å²) in [6.45, 7) is 4.24. The van der Waals surface area contributed by atoms with Crippen LogP contribution in [0.1, 0.15) is 16.7 Å². The molecule has 0 atom stereocenters. The third-order valence-electron chi connectivity index (χ3n) is 2.25. The van der Waals surface area contributed by atoms with Crippen molar-refractivity contribution >= 4 is 29.2 Å². The summed E-state index contributed by atoms with van der Waals surface area (Å²) >= 11 is 3.48. The lowest BCUT2D eigenvalue weighted by Gasteiger charge is -2.11. The lowest BCUT2D eigenvalue weighted by molar-refractivity contribution is 0.282. The quantitative estimate of drug-likeness (QED) is 0.704. The molecular weight excluding hydrogens is 215 g/mol. The molecule has 0 bridgehead atoms. The third-order valence-corrected chi connectivity index (χ3v) is 3.33. The van der Waals surface area contributed by atoms with Gasteiger partial charge in [0.25, 0.3) is 0 Å². The van der Waals surface area contributed by atoms with E-state index in [0.717, 1.165) is 15.5 Å². The molecule has 3 heteroatoms. The Bertz CT molecular complexity index is 310. The highest BCUT2D eigenvalue weighted by Gasteiger charge is 2.07. The van der Waals surface area contributed by atoms with Crippen molar-refractivity contribution in [1.29, 1.82) is 0 Å². The molecule has 0 aliphatic heterocycles. The molecule has 12 heavy (non-hydrogen) atoms. The minimum Gasteiger partial charge on any atom is -0.392 e. The summed E-state index contributed by atoms with van der Waals surface area (Å²) in [5, 5.41) is 9.08. The maximum absolute atomic E-state index is 9.08. The zero-order valence-corrected chi connectivity index (χ0v) is 9.20. The average molecular weight is 227 g/mol. The van der Waals surface area contributed by atoms with E-state index in [1.54, 1.807) is 0 Å². The summed E-state index contributed by atoms with van der Waals surface area (Å²) in [4.78, 5) is 0. The molecule has 0 fully saturated rings. The van der Waals surface area contributed by atoms with Crippen LogP contribution in [-0.4, -0.2) is 13.0 Å². The molecule has 1 aromatic rings. The summed E-state index contributed by atoms with van der Waals surface area (Å²) in [6.07, 6.45) is 0. The summed E-state index contributed by atoms with van der Waals surface area (Å²) in [5.74, 6) is 0. The molecule has 1 rings (SSSR count). The second-order valence-corrected chi connectivity index (χ2v) is 3.88. The monoisotopic (exact) mass is 226 g/mol. The van der Waals surface area contributed by atoms with E-state index in [1.165, 1.54) is 11.1 Å². The molecule has 0 radical (unpaired) electrons. The first-order valence-electron chi connectivity index (χ1n) is 3.94. The van der Waals surface area contributed by atoms with Crippen LogP contribution in [0.2, 0.25) is 0 Å². The van der Waals surface area contributed by atoms with E-state index >= 15 is 0 Å². The molecule has 0 aromatic heterocycles. The molecule has 0 spiro atoms. The highest BCUT2D eigenvalue weighted by atomic mass is 79.9. The van der Waals surface area contributed by atoms with Gasteiger partial charge < -0.3 is 5.11 Å². The van der Waals surface area contributed by atoms with E-state index in [0.29, 0.717) is 0 Å². The standard InChI is InChI=1S/C9H12BBrO/c1-5-3-8(10)7(4-12)9(11)6(5)2/h3,12H,4,10H2,1-2H3. The van der Waals surface area contributed by atoms with Crippen molar-refractivity contribution in [3.63, 3.8) is 0 Å². The minimum absolute atomic E-state index is 0.105. The first-order valence-corrected chi connectivity index (χ1v) is 4.73. The van der Waals surface area contributed by atoms with E-state index in [2.05, 4.69) is 35.8 Å². The van der Waals surface area contributed by atoms with E-state index in [4.69, 9.17) is 5.11 Å². The Kier molecular flexibility index (Phi) is 2.96. The van der Waals surface area contributed by atoms with Gasteiger partial charge in [-0.25, -0.2) is 0 Å². The highest BCUT2D eigenvalue weighted by Crippen LogP contribution is 2.22. The van der Waals surface area contributed by atoms with Gasteiger partial charge in [0.15, 0.2) is 0 Å². The smallest absolute Gasteiger partial charge is 0.139 e. The lowest BCUT2D eigenvalue weighted by Crippen LogP contribution is -2.13. The van der Waals surface area contributed by atoms with Gasteiger partial charge in [0.05, 0.1) is 6.61 Å². The fraction of sp³-hybridized carbons (Fsp3) is 0.333. The molecule has 0 saturated heterocycles. The van der Waals surface area contributed by atoms with Crippen LogP contribution in [0.4, 0.5) is 0 Å². The zero-order chi connectivity index (χ0) is 9.30. The van der Waals surface area contributed by atoms with Crippen molar-refractivity contribution in [2.24, 2.45) is 0 Å². The molecule has 0 aliphatic rings. The van der Waals surface area contributed by atoms with Crippen molar-refractivity contribution in [3.05, 3.63) is 27.2 Å². The Morgan fingerprint density at radius 2 is 2.08 bits per heavy atom. The summed E-state index contributed by atoms with van der Waals surface area (Å²) in [7, 11) is 2.02. The van der Waals surface area contributed by atoms with Crippen molar-refractivity contribution in [3.8, 4) is 0 Å². The summed E-state index contributed by atoms with van der Waals surface area (Å²) in [5.41, 5.74) is 4.62. The van der Waals surface area contributed by atoms with Crippen LogP contribution in [0.5, 0.6) is 0 Å². The summed E-state index contributed by atoms with van der Waals surface area (Å²) < 4.78 is 1.04. The van der Waals surface area contributed by atoms with Gasteiger partial charge in [0, 0.05) is 4.47 Å². The van der Waals surface area contributed by atoms with Crippen LogP contribution < -0.4 is 5.46 Å². The largest absolute Gasteiger partial charge is 0.392 e. The predicted molar refractivity (Wildman–Crippen MR) is 57.7 cm³/mol. The van der Waals surface area contributed by atoms with Gasteiger partial charge in [-0.2, -0.15) is 0 Å². The second kappa shape index (κ2) is 3.63. The van der Waals surface area contributed by atoms with Crippen molar-refractivity contribution < 1.29 is 5.11 Å². The van der Waals surface area contributed by atoms with Gasteiger partial charge in [0.1, 0.15) is 7.85 Å². The highest BCUT2D eigenvalue weighted by molar-refractivity contribution is 9.10.